The van der Waals surface area contributed by atoms with Crippen molar-refractivity contribution in [2.24, 2.45) is 5.92 Å². The molecule has 1 heterocycles. The number of hydrogen-bond acceptors (Lipinski definition) is 3. The second-order valence-electron chi connectivity index (χ2n) is 8.10. The summed E-state index contributed by atoms with van der Waals surface area (Å²) in [4.78, 5) is 14.6. The van der Waals surface area contributed by atoms with Crippen molar-refractivity contribution in [3.8, 4) is 0 Å². The average Bonchev–Trinajstić information content (AvgIpc) is 2.69. The molecule has 0 atom stereocenters. The lowest BCUT2D eigenvalue weighted by Gasteiger charge is -2.32. The van der Waals surface area contributed by atoms with Crippen LogP contribution in [0, 0.1) is 19.8 Å². The standard InChI is InChI=1S/C23H30N2O3S/c1-18-7-9-20(10-8-18)16-24(3)23(26)22-11-13-25(14-12-22)29(27,28)17-21-6-4-5-19(2)15-21/h4-10,15,22H,11-14,16-17H2,1-3H3. The molecule has 1 fully saturated rings. The molecule has 0 aromatic heterocycles. The van der Waals surface area contributed by atoms with E-state index in [0.717, 1.165) is 16.7 Å². The molecule has 2 aromatic carbocycles. The van der Waals surface area contributed by atoms with Gasteiger partial charge in [-0.15, -0.1) is 0 Å². The van der Waals surface area contributed by atoms with Gasteiger partial charge in [-0.1, -0.05) is 59.7 Å². The number of carbonyl (C=O) groups excluding carboxylic acids is 1. The van der Waals surface area contributed by atoms with Gasteiger partial charge in [0.25, 0.3) is 0 Å². The number of sulfonamides is 1. The molecule has 0 aliphatic carbocycles. The zero-order chi connectivity index (χ0) is 21.0. The van der Waals surface area contributed by atoms with Crippen molar-refractivity contribution < 1.29 is 13.2 Å². The van der Waals surface area contributed by atoms with Crippen LogP contribution in [0.4, 0.5) is 0 Å². The summed E-state index contributed by atoms with van der Waals surface area (Å²) in [5.74, 6) is -0.00200. The van der Waals surface area contributed by atoms with E-state index in [1.165, 1.54) is 5.56 Å². The molecule has 6 heteroatoms. The van der Waals surface area contributed by atoms with E-state index in [4.69, 9.17) is 0 Å². The fourth-order valence-corrected chi connectivity index (χ4v) is 5.39. The van der Waals surface area contributed by atoms with Gasteiger partial charge in [0.05, 0.1) is 5.75 Å². The van der Waals surface area contributed by atoms with E-state index < -0.39 is 10.0 Å². The van der Waals surface area contributed by atoms with Gasteiger partial charge in [-0.2, -0.15) is 0 Å². The van der Waals surface area contributed by atoms with Crippen LogP contribution in [0.25, 0.3) is 0 Å². The SMILES string of the molecule is Cc1ccc(CN(C)C(=O)C2CCN(S(=O)(=O)Cc3cccc(C)c3)CC2)cc1. The summed E-state index contributed by atoms with van der Waals surface area (Å²) in [6, 6.07) is 15.8. The summed E-state index contributed by atoms with van der Waals surface area (Å²) in [5.41, 5.74) is 4.16. The number of nitrogens with zero attached hydrogens (tertiary/aromatic N) is 2. The molecule has 1 aliphatic heterocycles. The Morgan fingerprint density at radius 1 is 1.00 bits per heavy atom. The van der Waals surface area contributed by atoms with Gasteiger partial charge in [0.1, 0.15) is 0 Å². The molecular formula is C23H30N2O3S. The normalized spacial score (nSPS) is 16.0. The highest BCUT2D eigenvalue weighted by molar-refractivity contribution is 7.88. The molecule has 0 unspecified atom stereocenters. The average molecular weight is 415 g/mol. The Hall–Kier alpha value is -2.18. The van der Waals surface area contributed by atoms with Crippen LogP contribution >= 0.6 is 0 Å². The molecule has 2 aromatic rings. The van der Waals surface area contributed by atoms with Gasteiger partial charge in [-0.25, -0.2) is 12.7 Å². The summed E-state index contributed by atoms with van der Waals surface area (Å²) in [7, 11) is -1.54. The quantitative estimate of drug-likeness (QED) is 0.727. The third-order valence-corrected chi connectivity index (χ3v) is 7.39. The number of amides is 1. The van der Waals surface area contributed by atoms with Crippen LogP contribution in [0.3, 0.4) is 0 Å². The molecule has 0 bridgehead atoms. The van der Waals surface area contributed by atoms with Crippen LogP contribution in [-0.2, 0) is 27.1 Å². The fourth-order valence-electron chi connectivity index (χ4n) is 3.84. The van der Waals surface area contributed by atoms with Gasteiger partial charge in [0, 0.05) is 32.6 Å². The molecule has 3 rings (SSSR count). The molecule has 0 N–H and O–H groups in total. The lowest BCUT2D eigenvalue weighted by Crippen LogP contribution is -2.43. The maximum Gasteiger partial charge on any atom is 0.225 e. The zero-order valence-corrected chi connectivity index (χ0v) is 18.3. The number of aryl methyl sites for hydroxylation is 2. The van der Waals surface area contributed by atoms with Crippen LogP contribution in [0.1, 0.15) is 35.1 Å². The third kappa shape index (κ3) is 5.67. The molecule has 1 aliphatic rings. The van der Waals surface area contributed by atoms with Crippen LogP contribution in [0.5, 0.6) is 0 Å². The van der Waals surface area contributed by atoms with Gasteiger partial charge in [-0.05, 0) is 37.8 Å². The van der Waals surface area contributed by atoms with Crippen molar-refractivity contribution in [2.45, 2.75) is 39.0 Å². The summed E-state index contributed by atoms with van der Waals surface area (Å²) in [6.07, 6.45) is 1.15. The van der Waals surface area contributed by atoms with E-state index >= 15 is 0 Å². The molecule has 1 amide bonds. The maximum absolute atomic E-state index is 12.8. The second kappa shape index (κ2) is 9.09. The Morgan fingerprint density at radius 2 is 1.66 bits per heavy atom. The predicted octanol–water partition coefficient (Wildman–Crippen LogP) is 3.50. The predicted molar refractivity (Wildman–Crippen MR) is 116 cm³/mol. The first-order valence-electron chi connectivity index (χ1n) is 10.1. The van der Waals surface area contributed by atoms with Gasteiger partial charge in [0.15, 0.2) is 0 Å². The van der Waals surface area contributed by atoms with Crippen molar-refractivity contribution in [3.63, 3.8) is 0 Å². The highest BCUT2D eigenvalue weighted by Gasteiger charge is 2.32. The molecule has 0 saturated carbocycles. The third-order valence-electron chi connectivity index (χ3n) is 5.54. The van der Waals surface area contributed by atoms with E-state index in [2.05, 4.69) is 0 Å². The Morgan fingerprint density at radius 3 is 2.28 bits per heavy atom. The first kappa shape index (κ1) is 21.5. The summed E-state index contributed by atoms with van der Waals surface area (Å²) >= 11 is 0. The minimum absolute atomic E-state index is 0.0145. The number of carbonyl (C=O) groups is 1. The van der Waals surface area contributed by atoms with Crippen LogP contribution in [0.15, 0.2) is 48.5 Å². The second-order valence-corrected chi connectivity index (χ2v) is 10.1. The van der Waals surface area contributed by atoms with E-state index in [-0.39, 0.29) is 17.6 Å². The number of hydrogen-bond donors (Lipinski definition) is 0. The lowest BCUT2D eigenvalue weighted by atomic mass is 9.96. The van der Waals surface area contributed by atoms with Crippen molar-refractivity contribution in [1.29, 1.82) is 0 Å². The number of piperidine rings is 1. The smallest absolute Gasteiger partial charge is 0.225 e. The molecule has 29 heavy (non-hydrogen) atoms. The largest absolute Gasteiger partial charge is 0.341 e. The Labute approximate surface area is 174 Å². The van der Waals surface area contributed by atoms with Gasteiger partial charge in [-0.3, -0.25) is 4.79 Å². The fraction of sp³-hybridized carbons (Fsp3) is 0.435. The summed E-state index contributed by atoms with van der Waals surface area (Å²) in [6.45, 7) is 5.39. The topological polar surface area (TPSA) is 57.7 Å². The lowest BCUT2D eigenvalue weighted by molar-refractivity contribution is -0.135. The van der Waals surface area contributed by atoms with Crippen LogP contribution in [-0.4, -0.2) is 43.7 Å². The first-order valence-corrected chi connectivity index (χ1v) is 11.7. The van der Waals surface area contributed by atoms with Gasteiger partial charge < -0.3 is 4.90 Å². The maximum atomic E-state index is 12.8. The Kier molecular flexibility index (Phi) is 6.75. The summed E-state index contributed by atoms with van der Waals surface area (Å²) in [5, 5.41) is 0. The van der Waals surface area contributed by atoms with E-state index in [1.807, 2.05) is 69.4 Å². The molecular weight excluding hydrogens is 384 g/mol. The van der Waals surface area contributed by atoms with Gasteiger partial charge >= 0.3 is 0 Å². The minimum Gasteiger partial charge on any atom is -0.341 e. The number of benzene rings is 2. The molecule has 1 saturated heterocycles. The number of rotatable bonds is 6. The zero-order valence-electron chi connectivity index (χ0n) is 17.5. The highest BCUT2D eigenvalue weighted by Crippen LogP contribution is 2.24. The monoisotopic (exact) mass is 414 g/mol. The summed E-state index contributed by atoms with van der Waals surface area (Å²) < 4.78 is 27.1. The van der Waals surface area contributed by atoms with Gasteiger partial charge in [0.2, 0.25) is 15.9 Å². The van der Waals surface area contributed by atoms with Crippen molar-refractivity contribution in [3.05, 3.63) is 70.8 Å². The molecule has 0 spiro atoms. The highest BCUT2D eigenvalue weighted by atomic mass is 32.2. The Balaban J connectivity index is 1.54. The van der Waals surface area contributed by atoms with Crippen molar-refractivity contribution >= 4 is 15.9 Å². The van der Waals surface area contributed by atoms with Crippen molar-refractivity contribution in [1.82, 2.24) is 9.21 Å². The van der Waals surface area contributed by atoms with E-state index in [9.17, 15) is 13.2 Å². The minimum atomic E-state index is -3.37. The Bertz CT molecular complexity index is 946. The van der Waals surface area contributed by atoms with Crippen LogP contribution < -0.4 is 0 Å². The van der Waals surface area contributed by atoms with Crippen molar-refractivity contribution in [2.75, 3.05) is 20.1 Å². The molecule has 0 radical (unpaired) electrons. The molecule has 5 nitrogen and oxygen atoms in total. The van der Waals surface area contributed by atoms with Crippen LogP contribution in [0.2, 0.25) is 0 Å². The molecule has 156 valence electrons. The van der Waals surface area contributed by atoms with E-state index in [1.54, 1.807) is 9.21 Å². The first-order chi connectivity index (χ1) is 13.7. The van der Waals surface area contributed by atoms with E-state index in [0.29, 0.717) is 32.5 Å².